The summed E-state index contributed by atoms with van der Waals surface area (Å²) in [5.41, 5.74) is 1.97. The van der Waals surface area contributed by atoms with Gasteiger partial charge in [0, 0.05) is 23.5 Å². The van der Waals surface area contributed by atoms with Gasteiger partial charge in [-0.2, -0.15) is 0 Å². The van der Waals surface area contributed by atoms with Gasteiger partial charge in [0.05, 0.1) is 10.0 Å². The Morgan fingerprint density at radius 2 is 1.77 bits per heavy atom. The Bertz CT molecular complexity index is 910. The van der Waals surface area contributed by atoms with E-state index in [2.05, 4.69) is 15.5 Å². The van der Waals surface area contributed by atoms with Crippen molar-refractivity contribution in [3.05, 3.63) is 52.6 Å². The third-order valence-corrected chi connectivity index (χ3v) is 4.23. The van der Waals surface area contributed by atoms with Crippen molar-refractivity contribution in [3.63, 3.8) is 0 Å². The topological polar surface area (TPSA) is 68.0 Å². The number of nitrogens with zero attached hydrogens (tertiary/aromatic N) is 2. The number of carbonyl (C=O) groups excluding carboxylic acids is 1. The highest BCUT2D eigenvalue weighted by molar-refractivity contribution is 6.54. The van der Waals surface area contributed by atoms with Crippen LogP contribution >= 0.6 is 58.8 Å². The molecule has 0 unspecified atom stereocenters. The lowest BCUT2D eigenvalue weighted by Gasteiger charge is -2.05. The van der Waals surface area contributed by atoms with E-state index in [1.54, 1.807) is 36.4 Å². The second kappa shape index (κ2) is 8.93. The molecule has 0 radical (unpaired) electrons. The molecule has 3 rings (SSSR count). The largest absolute Gasteiger partial charge is 0.354 e. The van der Waals surface area contributed by atoms with Crippen molar-refractivity contribution in [2.45, 2.75) is 4.84 Å². The third-order valence-electron chi connectivity index (χ3n) is 3.21. The summed E-state index contributed by atoms with van der Waals surface area (Å²) in [6.45, 7) is 0. The minimum absolute atomic E-state index is 0. The molecular weight excluding hydrogens is 443 g/mol. The molecule has 0 bridgehead atoms. The normalized spacial score (nSPS) is 10.5. The van der Waals surface area contributed by atoms with Gasteiger partial charge in [-0.1, -0.05) is 57.6 Å². The number of anilines is 1. The van der Waals surface area contributed by atoms with E-state index in [-0.39, 0.29) is 12.4 Å². The zero-order valence-electron chi connectivity index (χ0n) is 12.7. The molecule has 0 aliphatic rings. The number of carbonyl (C=O) groups is 1. The molecule has 3 aromatic rings. The average Bonchev–Trinajstić information content (AvgIpc) is 3.04. The van der Waals surface area contributed by atoms with Crippen molar-refractivity contribution in [2.24, 2.45) is 0 Å². The fraction of sp³-hybridized carbons (Fsp3) is 0.0625. The summed E-state index contributed by atoms with van der Waals surface area (Å²) in [6.07, 6.45) is 1.51. The van der Waals surface area contributed by atoms with Crippen LogP contribution in [-0.4, -0.2) is 20.9 Å². The molecule has 0 fully saturated rings. The van der Waals surface area contributed by atoms with Gasteiger partial charge in [0.25, 0.3) is 5.91 Å². The monoisotopic (exact) mass is 451 g/mol. The van der Waals surface area contributed by atoms with Gasteiger partial charge in [-0.3, -0.25) is 9.78 Å². The van der Waals surface area contributed by atoms with Gasteiger partial charge in [-0.05, 0) is 24.3 Å². The summed E-state index contributed by atoms with van der Waals surface area (Å²) < 4.78 is 5.33. The van der Waals surface area contributed by atoms with Crippen molar-refractivity contribution in [3.8, 4) is 22.7 Å². The van der Waals surface area contributed by atoms with Crippen LogP contribution in [0.4, 0.5) is 5.69 Å². The number of hydrogen-bond donors (Lipinski definition) is 1. The molecule has 1 amide bonds. The van der Waals surface area contributed by atoms with E-state index in [1.807, 2.05) is 0 Å². The van der Waals surface area contributed by atoms with Crippen LogP contribution in [0.1, 0.15) is 0 Å². The summed E-state index contributed by atoms with van der Waals surface area (Å²) in [7, 11) is 0. The van der Waals surface area contributed by atoms with Gasteiger partial charge >= 0.3 is 0 Å². The number of aromatic nitrogens is 2. The molecule has 2 heterocycles. The fourth-order valence-corrected chi connectivity index (χ4v) is 2.80. The first-order valence-corrected chi connectivity index (χ1v) is 8.55. The van der Waals surface area contributed by atoms with Gasteiger partial charge in [0.15, 0.2) is 10.6 Å². The standard InChI is InChI=1S/C16H9Cl4N3O2.ClH/c17-9-2-1-3-10(18)14(9)12-7-13(25-23-12)11-6-8(4-5-21-11)22-16(24)15(19)20;/h1-7,15H,(H,21,22,24);1H. The molecule has 1 aromatic carbocycles. The summed E-state index contributed by atoms with van der Waals surface area (Å²) in [5, 5.41) is 7.46. The Morgan fingerprint density at radius 1 is 1.08 bits per heavy atom. The summed E-state index contributed by atoms with van der Waals surface area (Å²) in [5.74, 6) is -0.156. The Hall–Kier alpha value is -1.50. The van der Waals surface area contributed by atoms with Gasteiger partial charge < -0.3 is 9.84 Å². The molecule has 10 heteroatoms. The second-order valence-electron chi connectivity index (χ2n) is 4.89. The summed E-state index contributed by atoms with van der Waals surface area (Å²) in [6, 6.07) is 10.0. The van der Waals surface area contributed by atoms with E-state index in [0.717, 1.165) is 0 Å². The number of rotatable bonds is 4. The first-order valence-electron chi connectivity index (χ1n) is 6.92. The number of halogens is 5. The highest BCUT2D eigenvalue weighted by Crippen LogP contribution is 2.35. The molecule has 1 N–H and O–H groups in total. The zero-order valence-corrected chi connectivity index (χ0v) is 16.6. The number of benzene rings is 1. The Kier molecular flexibility index (Phi) is 7.15. The molecule has 0 atom stereocenters. The second-order valence-corrected chi connectivity index (χ2v) is 6.80. The smallest absolute Gasteiger partial charge is 0.257 e. The maximum Gasteiger partial charge on any atom is 0.257 e. The quantitative estimate of drug-likeness (QED) is 0.501. The number of amides is 1. The number of alkyl halides is 2. The van der Waals surface area contributed by atoms with Crippen molar-refractivity contribution in [1.82, 2.24) is 10.1 Å². The fourth-order valence-electron chi connectivity index (χ4n) is 2.10. The van der Waals surface area contributed by atoms with Crippen molar-refractivity contribution < 1.29 is 9.32 Å². The van der Waals surface area contributed by atoms with Gasteiger partial charge in [0.2, 0.25) is 0 Å². The van der Waals surface area contributed by atoms with Crippen LogP contribution in [0.3, 0.4) is 0 Å². The van der Waals surface area contributed by atoms with Crippen LogP contribution in [0.15, 0.2) is 47.1 Å². The summed E-state index contributed by atoms with van der Waals surface area (Å²) in [4.78, 5) is 14.6. The molecule has 5 nitrogen and oxygen atoms in total. The molecule has 26 heavy (non-hydrogen) atoms. The van der Waals surface area contributed by atoms with E-state index in [9.17, 15) is 4.79 Å². The first-order chi connectivity index (χ1) is 12.0. The molecule has 0 aliphatic carbocycles. The lowest BCUT2D eigenvalue weighted by molar-refractivity contribution is -0.114. The van der Waals surface area contributed by atoms with Crippen molar-refractivity contribution >= 4 is 70.4 Å². The Morgan fingerprint density at radius 3 is 2.42 bits per heavy atom. The number of nitrogens with one attached hydrogen (secondary N) is 1. The highest BCUT2D eigenvalue weighted by atomic mass is 35.5. The van der Waals surface area contributed by atoms with Crippen LogP contribution in [-0.2, 0) is 4.79 Å². The predicted molar refractivity (Wildman–Crippen MR) is 107 cm³/mol. The number of hydrogen-bond acceptors (Lipinski definition) is 4. The van der Waals surface area contributed by atoms with Gasteiger partial charge in [-0.15, -0.1) is 12.4 Å². The average molecular weight is 454 g/mol. The van der Waals surface area contributed by atoms with Crippen LogP contribution in [0.5, 0.6) is 0 Å². The van der Waals surface area contributed by atoms with Crippen LogP contribution in [0.2, 0.25) is 10.0 Å². The SMILES string of the molecule is Cl.O=C(Nc1ccnc(-c2cc(-c3c(Cl)cccc3Cl)no2)c1)C(Cl)Cl. The first kappa shape index (κ1) is 20.8. The van der Waals surface area contributed by atoms with Crippen LogP contribution in [0, 0.1) is 0 Å². The molecule has 0 saturated carbocycles. The van der Waals surface area contributed by atoms with Crippen LogP contribution in [0.25, 0.3) is 22.7 Å². The van der Waals surface area contributed by atoms with Crippen molar-refractivity contribution in [1.29, 1.82) is 0 Å². The Labute approximate surface area is 175 Å². The maximum absolute atomic E-state index is 11.6. The molecule has 0 aliphatic heterocycles. The molecule has 136 valence electrons. The highest BCUT2D eigenvalue weighted by Gasteiger charge is 2.16. The van der Waals surface area contributed by atoms with E-state index in [1.165, 1.54) is 6.20 Å². The lowest BCUT2D eigenvalue weighted by Crippen LogP contribution is -2.18. The van der Waals surface area contributed by atoms with E-state index in [0.29, 0.717) is 38.4 Å². The maximum atomic E-state index is 11.6. The zero-order chi connectivity index (χ0) is 18.0. The Balaban J connectivity index is 0.00000243. The van der Waals surface area contributed by atoms with Crippen LogP contribution < -0.4 is 5.32 Å². The molecule has 0 spiro atoms. The van der Waals surface area contributed by atoms with Gasteiger partial charge in [-0.25, -0.2) is 0 Å². The van der Waals surface area contributed by atoms with E-state index >= 15 is 0 Å². The third kappa shape index (κ3) is 4.61. The molecule has 0 saturated heterocycles. The molecule has 2 aromatic heterocycles. The minimum Gasteiger partial charge on any atom is -0.354 e. The minimum atomic E-state index is -1.17. The summed E-state index contributed by atoms with van der Waals surface area (Å²) >= 11 is 23.4. The predicted octanol–water partition coefficient (Wildman–Crippen LogP) is 5.87. The lowest BCUT2D eigenvalue weighted by atomic mass is 10.1. The number of pyridine rings is 1. The molecular formula is C16H10Cl5N3O2. The van der Waals surface area contributed by atoms with Crippen molar-refractivity contribution in [2.75, 3.05) is 5.32 Å². The van der Waals surface area contributed by atoms with E-state index in [4.69, 9.17) is 50.9 Å². The van der Waals surface area contributed by atoms with E-state index < -0.39 is 10.7 Å². The van der Waals surface area contributed by atoms with Gasteiger partial charge in [0.1, 0.15) is 11.4 Å².